The summed E-state index contributed by atoms with van der Waals surface area (Å²) < 4.78 is 7.48. The molecule has 5 rings (SSSR count). The van der Waals surface area contributed by atoms with E-state index in [2.05, 4.69) is 4.57 Å². The largest absolute Gasteiger partial charge is 0.497 e. The summed E-state index contributed by atoms with van der Waals surface area (Å²) in [5.41, 5.74) is 4.30. The van der Waals surface area contributed by atoms with Gasteiger partial charge in [-0.1, -0.05) is 54.6 Å². The molecule has 1 aliphatic rings. The van der Waals surface area contributed by atoms with Gasteiger partial charge in [-0.3, -0.25) is 14.5 Å². The van der Waals surface area contributed by atoms with Gasteiger partial charge in [0, 0.05) is 12.2 Å². The molecule has 3 aromatic carbocycles. The van der Waals surface area contributed by atoms with E-state index >= 15 is 0 Å². The molecule has 0 spiro atoms. The fourth-order valence-corrected chi connectivity index (χ4v) is 5.28. The first-order valence-electron chi connectivity index (χ1n) is 12.6. The van der Waals surface area contributed by atoms with Crippen LogP contribution in [0, 0.1) is 0 Å². The molecule has 2 atom stereocenters. The van der Waals surface area contributed by atoms with Crippen LogP contribution in [0.15, 0.2) is 97.2 Å². The van der Waals surface area contributed by atoms with E-state index in [0.29, 0.717) is 5.56 Å². The molecule has 1 aliphatic heterocycles. The number of ether oxygens (including phenoxy) is 1. The van der Waals surface area contributed by atoms with Gasteiger partial charge in [0.2, 0.25) is 11.8 Å². The van der Waals surface area contributed by atoms with Crippen molar-refractivity contribution in [3.63, 3.8) is 0 Å². The van der Waals surface area contributed by atoms with E-state index < -0.39 is 5.38 Å². The highest BCUT2D eigenvalue weighted by molar-refractivity contribution is 6.31. The number of hydrogen-bond donors (Lipinski definition) is 0. The Morgan fingerprint density at radius 1 is 0.895 bits per heavy atom. The molecule has 38 heavy (non-hydrogen) atoms. The number of rotatable bonds is 7. The van der Waals surface area contributed by atoms with E-state index in [1.165, 1.54) is 0 Å². The molecule has 6 nitrogen and oxygen atoms in total. The van der Waals surface area contributed by atoms with E-state index in [1.54, 1.807) is 16.9 Å². The molecule has 2 heterocycles. The third-order valence-electron chi connectivity index (χ3n) is 6.94. The van der Waals surface area contributed by atoms with Gasteiger partial charge in [-0.2, -0.15) is 0 Å². The van der Waals surface area contributed by atoms with Gasteiger partial charge < -0.3 is 14.2 Å². The van der Waals surface area contributed by atoms with Crippen molar-refractivity contribution in [2.45, 2.75) is 31.3 Å². The lowest BCUT2D eigenvalue weighted by Gasteiger charge is -2.40. The molecule has 7 heteroatoms. The minimum absolute atomic E-state index is 0.103. The summed E-state index contributed by atoms with van der Waals surface area (Å²) in [6, 6.07) is 28.2. The van der Waals surface area contributed by atoms with E-state index in [-0.39, 0.29) is 30.4 Å². The summed E-state index contributed by atoms with van der Waals surface area (Å²) in [6.07, 6.45) is 2.01. The Kier molecular flexibility index (Phi) is 7.25. The second-order valence-electron chi connectivity index (χ2n) is 9.56. The van der Waals surface area contributed by atoms with Gasteiger partial charge in [0.1, 0.15) is 23.7 Å². The highest BCUT2D eigenvalue weighted by atomic mass is 35.5. The molecule has 0 radical (unpaired) electrons. The molecule has 194 valence electrons. The van der Waals surface area contributed by atoms with Crippen molar-refractivity contribution < 1.29 is 14.3 Å². The maximum atomic E-state index is 14.2. The van der Waals surface area contributed by atoms with Crippen molar-refractivity contribution >= 4 is 29.1 Å². The van der Waals surface area contributed by atoms with E-state index in [0.717, 1.165) is 28.4 Å². The van der Waals surface area contributed by atoms with Crippen molar-refractivity contribution in [2.75, 3.05) is 18.6 Å². The lowest BCUT2D eigenvalue weighted by Crippen LogP contribution is -2.49. The standard InChI is InChI=1S/C31H30ClN3O3/c1-21(2)34(31(37)29(32)22-10-5-4-6-11-22)20-28(36)35-26-13-8-7-12-25(26)33-19-9-14-27(33)30(35)23-15-17-24(38-3)18-16-23/h4-19,21,29-30H,20H2,1-3H3. The van der Waals surface area contributed by atoms with E-state index in [9.17, 15) is 9.59 Å². The number of methoxy groups -OCH3 is 1. The molecule has 0 aliphatic carbocycles. The van der Waals surface area contributed by atoms with Crippen molar-refractivity contribution in [1.82, 2.24) is 9.47 Å². The average molecular weight is 528 g/mol. The molecular formula is C31H30ClN3O3. The summed E-state index contributed by atoms with van der Waals surface area (Å²) in [6.45, 7) is 3.69. The van der Waals surface area contributed by atoms with Crippen LogP contribution >= 0.6 is 11.6 Å². The van der Waals surface area contributed by atoms with Crippen LogP contribution in [-0.2, 0) is 9.59 Å². The van der Waals surface area contributed by atoms with Crippen LogP contribution in [0.3, 0.4) is 0 Å². The Balaban J connectivity index is 1.54. The van der Waals surface area contributed by atoms with Crippen LogP contribution < -0.4 is 9.64 Å². The predicted octanol–water partition coefficient (Wildman–Crippen LogP) is 6.14. The predicted molar refractivity (Wildman–Crippen MR) is 150 cm³/mol. The first kappa shape index (κ1) is 25.6. The molecule has 0 bridgehead atoms. The van der Waals surface area contributed by atoms with Crippen molar-refractivity contribution in [1.29, 1.82) is 0 Å². The molecular weight excluding hydrogens is 498 g/mol. The second-order valence-corrected chi connectivity index (χ2v) is 10.0. The van der Waals surface area contributed by atoms with Gasteiger partial charge >= 0.3 is 0 Å². The molecule has 0 fully saturated rings. The quantitative estimate of drug-likeness (QED) is 0.271. The van der Waals surface area contributed by atoms with Crippen LogP contribution in [0.4, 0.5) is 5.69 Å². The summed E-state index contributed by atoms with van der Waals surface area (Å²) in [7, 11) is 1.63. The highest BCUT2D eigenvalue weighted by Crippen LogP contribution is 2.42. The van der Waals surface area contributed by atoms with Gasteiger partial charge in [0.15, 0.2) is 0 Å². The number of carbonyl (C=O) groups is 2. The number of aromatic nitrogens is 1. The zero-order valence-electron chi connectivity index (χ0n) is 21.6. The fourth-order valence-electron chi connectivity index (χ4n) is 5.01. The molecule has 0 saturated heterocycles. The number of nitrogens with zero attached hydrogens (tertiary/aromatic N) is 3. The maximum Gasteiger partial charge on any atom is 0.247 e. The number of hydrogen-bond acceptors (Lipinski definition) is 3. The monoisotopic (exact) mass is 527 g/mol. The smallest absolute Gasteiger partial charge is 0.247 e. The number of halogens is 1. The minimum Gasteiger partial charge on any atom is -0.497 e. The van der Waals surface area contributed by atoms with Gasteiger partial charge in [0.25, 0.3) is 0 Å². The Bertz CT molecular complexity index is 1430. The van der Waals surface area contributed by atoms with E-state index in [1.807, 2.05) is 111 Å². The molecule has 4 aromatic rings. The lowest BCUT2D eigenvalue weighted by molar-refractivity contribution is -0.136. The number of alkyl halides is 1. The fraction of sp³-hybridized carbons (Fsp3) is 0.226. The summed E-state index contributed by atoms with van der Waals surface area (Å²) in [4.78, 5) is 31.1. The molecule has 0 saturated carbocycles. The Hall–Kier alpha value is -4.03. The van der Waals surface area contributed by atoms with Crippen LogP contribution in [0.1, 0.15) is 42.1 Å². The first-order chi connectivity index (χ1) is 18.4. The van der Waals surface area contributed by atoms with Crippen LogP contribution in [0.5, 0.6) is 5.75 Å². The Morgan fingerprint density at radius 3 is 2.21 bits per heavy atom. The topological polar surface area (TPSA) is 54.8 Å². The van der Waals surface area contributed by atoms with Gasteiger partial charge in [0.05, 0.1) is 24.2 Å². The number of fused-ring (bicyclic) bond motifs is 3. The number of carbonyl (C=O) groups excluding carboxylic acids is 2. The lowest BCUT2D eigenvalue weighted by atomic mass is 9.97. The minimum atomic E-state index is -0.880. The normalized spacial score (nSPS) is 15.0. The van der Waals surface area contributed by atoms with Gasteiger partial charge in [-0.25, -0.2) is 0 Å². The van der Waals surface area contributed by atoms with E-state index in [4.69, 9.17) is 16.3 Å². The Labute approximate surface area is 228 Å². The van der Waals surface area contributed by atoms with Gasteiger partial charge in [-0.15, -0.1) is 11.6 Å². The highest BCUT2D eigenvalue weighted by Gasteiger charge is 2.38. The van der Waals surface area contributed by atoms with Crippen molar-refractivity contribution in [3.05, 3.63) is 114 Å². The molecule has 1 aromatic heterocycles. The van der Waals surface area contributed by atoms with Crippen LogP contribution in [0.25, 0.3) is 5.69 Å². The van der Waals surface area contributed by atoms with Crippen LogP contribution in [-0.4, -0.2) is 41.0 Å². The number of amides is 2. The SMILES string of the molecule is COc1ccc(C2c3cccn3-c3ccccc3N2C(=O)CN(C(=O)C(Cl)c2ccccc2)C(C)C)cc1. The maximum absolute atomic E-state index is 14.2. The van der Waals surface area contributed by atoms with Gasteiger partial charge in [-0.05, 0) is 61.4 Å². The second kappa shape index (κ2) is 10.8. The summed E-state index contributed by atoms with van der Waals surface area (Å²) in [5, 5.41) is -0.880. The third-order valence-corrected chi connectivity index (χ3v) is 7.38. The number of benzene rings is 3. The van der Waals surface area contributed by atoms with Crippen LogP contribution in [0.2, 0.25) is 0 Å². The summed E-state index contributed by atoms with van der Waals surface area (Å²) in [5.74, 6) is 0.254. The average Bonchev–Trinajstić information content (AvgIpc) is 3.45. The van der Waals surface area contributed by atoms with Crippen molar-refractivity contribution in [2.24, 2.45) is 0 Å². The first-order valence-corrected chi connectivity index (χ1v) is 13.1. The summed E-state index contributed by atoms with van der Waals surface area (Å²) >= 11 is 6.62. The Morgan fingerprint density at radius 2 is 1.55 bits per heavy atom. The van der Waals surface area contributed by atoms with Crippen molar-refractivity contribution in [3.8, 4) is 11.4 Å². The molecule has 2 amide bonds. The molecule has 2 unspecified atom stereocenters. The zero-order chi connectivity index (χ0) is 26.8. The molecule has 0 N–H and O–H groups in total. The zero-order valence-corrected chi connectivity index (χ0v) is 22.4. The third kappa shape index (κ3) is 4.68. The number of anilines is 1. The number of para-hydroxylation sites is 2.